The van der Waals surface area contributed by atoms with Crippen molar-refractivity contribution in [2.24, 2.45) is 11.1 Å². The van der Waals surface area contributed by atoms with E-state index in [0.29, 0.717) is 11.4 Å². The average Bonchev–Trinajstić information content (AvgIpc) is 2.29. The van der Waals surface area contributed by atoms with Gasteiger partial charge in [0, 0.05) is 23.8 Å². The van der Waals surface area contributed by atoms with Crippen molar-refractivity contribution in [2.75, 3.05) is 10.6 Å². The molecule has 0 aliphatic heterocycles. The Bertz CT molecular complexity index is 499. The SMILES string of the molecule is CC(=O)Nc1ccc(NC(=O)C(C)(C)C(C)(C)N)cc1. The van der Waals surface area contributed by atoms with Gasteiger partial charge in [-0.15, -0.1) is 0 Å². The number of hydrogen-bond donors (Lipinski definition) is 3. The molecule has 1 aromatic rings. The van der Waals surface area contributed by atoms with Crippen molar-refractivity contribution in [1.82, 2.24) is 0 Å². The molecule has 5 heteroatoms. The second kappa shape index (κ2) is 5.63. The highest BCUT2D eigenvalue weighted by Gasteiger charge is 2.40. The molecule has 0 unspecified atom stereocenters. The Morgan fingerprint density at radius 1 is 0.950 bits per heavy atom. The molecule has 0 spiro atoms. The van der Waals surface area contributed by atoms with Crippen LogP contribution in [-0.2, 0) is 9.59 Å². The van der Waals surface area contributed by atoms with Gasteiger partial charge in [-0.25, -0.2) is 0 Å². The molecular formula is C15H23N3O2. The Morgan fingerprint density at radius 3 is 1.70 bits per heavy atom. The summed E-state index contributed by atoms with van der Waals surface area (Å²) in [5.41, 5.74) is 6.06. The van der Waals surface area contributed by atoms with E-state index in [9.17, 15) is 9.59 Å². The van der Waals surface area contributed by atoms with E-state index in [2.05, 4.69) is 10.6 Å². The molecule has 110 valence electrons. The Labute approximate surface area is 119 Å². The van der Waals surface area contributed by atoms with Crippen LogP contribution in [0.15, 0.2) is 24.3 Å². The summed E-state index contributed by atoms with van der Waals surface area (Å²) in [6.07, 6.45) is 0. The van der Waals surface area contributed by atoms with Crippen LogP contribution in [0.5, 0.6) is 0 Å². The molecule has 0 atom stereocenters. The Kier molecular flexibility index (Phi) is 4.55. The maximum absolute atomic E-state index is 12.3. The zero-order valence-electron chi connectivity index (χ0n) is 12.7. The standard InChI is InChI=1S/C15H23N3O2/c1-10(19)17-11-6-8-12(9-7-11)18-13(20)14(2,3)15(4,5)16/h6-9H,16H2,1-5H3,(H,17,19)(H,18,20). The van der Waals surface area contributed by atoms with E-state index in [4.69, 9.17) is 5.73 Å². The molecule has 0 heterocycles. The molecule has 0 saturated heterocycles. The molecular weight excluding hydrogens is 254 g/mol. The fraction of sp³-hybridized carbons (Fsp3) is 0.467. The number of anilines is 2. The summed E-state index contributed by atoms with van der Waals surface area (Å²) >= 11 is 0. The molecule has 20 heavy (non-hydrogen) atoms. The summed E-state index contributed by atoms with van der Waals surface area (Å²) in [5, 5.41) is 5.51. The second-order valence-corrected chi connectivity index (χ2v) is 6.06. The van der Waals surface area contributed by atoms with Gasteiger partial charge in [0.15, 0.2) is 0 Å². The monoisotopic (exact) mass is 277 g/mol. The second-order valence-electron chi connectivity index (χ2n) is 6.06. The van der Waals surface area contributed by atoms with Gasteiger partial charge >= 0.3 is 0 Å². The fourth-order valence-corrected chi connectivity index (χ4v) is 1.42. The number of carbonyl (C=O) groups excluding carboxylic acids is 2. The topological polar surface area (TPSA) is 84.2 Å². The van der Waals surface area contributed by atoms with Crippen LogP contribution >= 0.6 is 0 Å². The zero-order valence-corrected chi connectivity index (χ0v) is 12.7. The number of amides is 2. The summed E-state index contributed by atoms with van der Waals surface area (Å²) in [5.74, 6) is -0.273. The molecule has 1 aromatic carbocycles. The molecule has 5 nitrogen and oxygen atoms in total. The first-order valence-corrected chi connectivity index (χ1v) is 6.52. The third kappa shape index (κ3) is 3.81. The third-order valence-electron chi connectivity index (χ3n) is 3.64. The largest absolute Gasteiger partial charge is 0.326 e. The van der Waals surface area contributed by atoms with Crippen LogP contribution in [0.25, 0.3) is 0 Å². The number of carbonyl (C=O) groups is 2. The van der Waals surface area contributed by atoms with Gasteiger partial charge < -0.3 is 16.4 Å². The van der Waals surface area contributed by atoms with Crippen molar-refractivity contribution >= 4 is 23.2 Å². The van der Waals surface area contributed by atoms with Gasteiger partial charge in [0.2, 0.25) is 11.8 Å². The highest BCUT2D eigenvalue weighted by Crippen LogP contribution is 2.29. The molecule has 0 fully saturated rings. The molecule has 0 aliphatic carbocycles. The molecule has 0 aromatic heterocycles. The lowest BCUT2D eigenvalue weighted by Gasteiger charge is -2.36. The number of nitrogens with one attached hydrogen (secondary N) is 2. The van der Waals surface area contributed by atoms with E-state index in [1.165, 1.54) is 6.92 Å². The van der Waals surface area contributed by atoms with E-state index in [0.717, 1.165) is 0 Å². The molecule has 0 aliphatic rings. The summed E-state index contributed by atoms with van der Waals surface area (Å²) in [4.78, 5) is 23.2. The number of benzene rings is 1. The van der Waals surface area contributed by atoms with Gasteiger partial charge in [0.05, 0.1) is 5.41 Å². The number of nitrogens with two attached hydrogens (primary N) is 1. The van der Waals surface area contributed by atoms with Crippen LogP contribution in [0.1, 0.15) is 34.6 Å². The molecule has 4 N–H and O–H groups in total. The van der Waals surface area contributed by atoms with Crippen molar-refractivity contribution in [3.8, 4) is 0 Å². The normalized spacial score (nSPS) is 11.9. The lowest BCUT2D eigenvalue weighted by molar-refractivity contribution is -0.126. The molecule has 0 radical (unpaired) electrons. The highest BCUT2D eigenvalue weighted by molar-refractivity contribution is 5.96. The molecule has 1 rings (SSSR count). The van der Waals surface area contributed by atoms with Crippen LogP contribution in [0.4, 0.5) is 11.4 Å². The van der Waals surface area contributed by atoms with Crippen molar-refractivity contribution in [2.45, 2.75) is 40.2 Å². The van der Waals surface area contributed by atoms with Crippen LogP contribution in [-0.4, -0.2) is 17.4 Å². The van der Waals surface area contributed by atoms with E-state index < -0.39 is 11.0 Å². The van der Waals surface area contributed by atoms with Gasteiger partial charge in [-0.3, -0.25) is 9.59 Å². The summed E-state index contributed by atoms with van der Waals surface area (Å²) < 4.78 is 0. The molecule has 0 saturated carbocycles. The molecule has 0 bridgehead atoms. The van der Waals surface area contributed by atoms with Gasteiger partial charge in [0.25, 0.3) is 0 Å². The minimum Gasteiger partial charge on any atom is -0.326 e. The maximum atomic E-state index is 12.3. The first-order valence-electron chi connectivity index (χ1n) is 6.52. The smallest absolute Gasteiger partial charge is 0.231 e. The van der Waals surface area contributed by atoms with Gasteiger partial charge in [0.1, 0.15) is 0 Å². The predicted molar refractivity (Wildman–Crippen MR) is 81.4 cm³/mol. The third-order valence-corrected chi connectivity index (χ3v) is 3.64. The fourth-order valence-electron chi connectivity index (χ4n) is 1.42. The average molecular weight is 277 g/mol. The number of hydrogen-bond acceptors (Lipinski definition) is 3. The Morgan fingerprint density at radius 2 is 1.35 bits per heavy atom. The van der Waals surface area contributed by atoms with Crippen molar-refractivity contribution in [3.05, 3.63) is 24.3 Å². The van der Waals surface area contributed by atoms with Crippen LogP contribution < -0.4 is 16.4 Å². The van der Waals surface area contributed by atoms with Gasteiger partial charge in [-0.1, -0.05) is 0 Å². The summed E-state index contributed by atoms with van der Waals surface area (Å²) in [6.45, 7) is 8.72. The van der Waals surface area contributed by atoms with Gasteiger partial charge in [-0.05, 0) is 52.0 Å². The van der Waals surface area contributed by atoms with Crippen LogP contribution in [0.2, 0.25) is 0 Å². The van der Waals surface area contributed by atoms with Crippen LogP contribution in [0, 0.1) is 5.41 Å². The first-order chi connectivity index (χ1) is 9.04. The van der Waals surface area contributed by atoms with Crippen LogP contribution in [0.3, 0.4) is 0 Å². The quantitative estimate of drug-likeness (QED) is 0.789. The van der Waals surface area contributed by atoms with Crippen molar-refractivity contribution in [3.63, 3.8) is 0 Å². The zero-order chi connectivity index (χ0) is 15.6. The van der Waals surface area contributed by atoms with E-state index in [1.54, 1.807) is 24.3 Å². The van der Waals surface area contributed by atoms with E-state index >= 15 is 0 Å². The van der Waals surface area contributed by atoms with Gasteiger partial charge in [-0.2, -0.15) is 0 Å². The summed E-state index contributed by atoms with van der Waals surface area (Å²) in [7, 11) is 0. The molecule has 2 amide bonds. The Balaban J connectivity index is 2.79. The Hall–Kier alpha value is -1.88. The lowest BCUT2D eigenvalue weighted by atomic mass is 9.74. The predicted octanol–water partition coefficient (Wildman–Crippen LogP) is 2.35. The maximum Gasteiger partial charge on any atom is 0.231 e. The minimum absolute atomic E-state index is 0.132. The van der Waals surface area contributed by atoms with E-state index in [-0.39, 0.29) is 11.8 Å². The van der Waals surface area contributed by atoms with E-state index in [1.807, 2.05) is 27.7 Å². The van der Waals surface area contributed by atoms with Crippen molar-refractivity contribution in [1.29, 1.82) is 0 Å². The van der Waals surface area contributed by atoms with Crippen molar-refractivity contribution < 1.29 is 9.59 Å². The summed E-state index contributed by atoms with van der Waals surface area (Å²) in [6, 6.07) is 6.95. The highest BCUT2D eigenvalue weighted by atomic mass is 16.2. The lowest BCUT2D eigenvalue weighted by Crippen LogP contribution is -2.53. The first kappa shape index (κ1) is 16.2. The number of rotatable bonds is 4. The minimum atomic E-state index is -0.705.